The molecule has 1 heterocycles. The Balaban J connectivity index is 2.36. The van der Waals surface area contributed by atoms with E-state index in [-0.39, 0.29) is 0 Å². The van der Waals surface area contributed by atoms with Crippen LogP contribution in [0.2, 0.25) is 0 Å². The summed E-state index contributed by atoms with van der Waals surface area (Å²) in [6.45, 7) is 0.695. The van der Waals surface area contributed by atoms with Gasteiger partial charge >= 0.3 is 6.18 Å². The maximum atomic E-state index is 12.2. The first-order chi connectivity index (χ1) is 8.04. The van der Waals surface area contributed by atoms with Crippen molar-refractivity contribution >= 4 is 17.6 Å². The molecule has 0 aliphatic carbocycles. The van der Waals surface area contributed by atoms with Crippen molar-refractivity contribution in [1.82, 2.24) is 10.2 Å². The van der Waals surface area contributed by atoms with Crippen LogP contribution in [0, 0.1) is 0 Å². The zero-order valence-corrected chi connectivity index (χ0v) is 10.2. The highest BCUT2D eigenvalue weighted by molar-refractivity contribution is 7.98. The number of halogens is 3. The minimum atomic E-state index is -4.43. The van der Waals surface area contributed by atoms with E-state index in [2.05, 4.69) is 15.5 Å². The van der Waals surface area contributed by atoms with Crippen molar-refractivity contribution in [3.05, 3.63) is 17.8 Å². The summed E-state index contributed by atoms with van der Waals surface area (Å²) < 4.78 is 36.6. The van der Waals surface area contributed by atoms with Crippen molar-refractivity contribution in [3.63, 3.8) is 0 Å². The Morgan fingerprint density at radius 2 is 2.00 bits per heavy atom. The topological polar surface area (TPSA) is 37.8 Å². The Morgan fingerprint density at radius 1 is 1.24 bits per heavy atom. The van der Waals surface area contributed by atoms with Crippen molar-refractivity contribution in [3.8, 4) is 0 Å². The maximum absolute atomic E-state index is 12.2. The molecule has 0 fully saturated rings. The number of nitrogens with zero attached hydrogens (tertiary/aromatic N) is 2. The molecule has 0 aliphatic heterocycles. The van der Waals surface area contributed by atoms with Gasteiger partial charge in [-0.2, -0.15) is 24.9 Å². The number of anilines is 1. The summed E-state index contributed by atoms with van der Waals surface area (Å²) in [6.07, 6.45) is -0.357. The number of rotatable bonds is 6. The summed E-state index contributed by atoms with van der Waals surface area (Å²) >= 11 is 1.77. The summed E-state index contributed by atoms with van der Waals surface area (Å²) in [6, 6.07) is 2.22. The first-order valence-corrected chi connectivity index (χ1v) is 6.57. The van der Waals surface area contributed by atoms with Crippen LogP contribution in [0.1, 0.15) is 18.5 Å². The second-order valence-electron chi connectivity index (χ2n) is 3.43. The minimum absolute atomic E-state index is 0.377. The Bertz CT molecular complexity index is 327. The molecule has 1 N–H and O–H groups in total. The summed E-state index contributed by atoms with van der Waals surface area (Å²) in [5.74, 6) is 1.46. The number of thioether (sulfide) groups is 1. The molecule has 0 spiro atoms. The van der Waals surface area contributed by atoms with Crippen molar-refractivity contribution in [1.29, 1.82) is 0 Å². The van der Waals surface area contributed by atoms with E-state index >= 15 is 0 Å². The first-order valence-electron chi connectivity index (χ1n) is 5.18. The monoisotopic (exact) mass is 265 g/mol. The molecular formula is C10H14F3N3S. The predicted octanol–water partition coefficient (Wildman–Crippen LogP) is 3.05. The highest BCUT2D eigenvalue weighted by Gasteiger charge is 2.32. The van der Waals surface area contributed by atoms with E-state index in [4.69, 9.17) is 0 Å². The van der Waals surface area contributed by atoms with E-state index in [1.165, 1.54) is 6.07 Å². The third-order valence-corrected chi connectivity index (χ3v) is 2.73. The molecule has 17 heavy (non-hydrogen) atoms. The molecule has 0 aliphatic rings. The SMILES string of the molecule is CSCCCCNc1ccc(C(F)(F)F)nn1. The molecule has 0 saturated carbocycles. The van der Waals surface area contributed by atoms with Crippen LogP contribution in [0.5, 0.6) is 0 Å². The van der Waals surface area contributed by atoms with Crippen LogP contribution in [-0.2, 0) is 6.18 Å². The number of nitrogens with one attached hydrogen (secondary N) is 1. The lowest BCUT2D eigenvalue weighted by Crippen LogP contribution is -2.11. The average molecular weight is 265 g/mol. The lowest BCUT2D eigenvalue weighted by Gasteiger charge is -2.07. The van der Waals surface area contributed by atoms with Crippen molar-refractivity contribution < 1.29 is 13.2 Å². The molecule has 1 aromatic rings. The second kappa shape index (κ2) is 6.68. The molecule has 1 rings (SSSR count). The number of hydrogen-bond donors (Lipinski definition) is 1. The number of alkyl halides is 3. The highest BCUT2D eigenvalue weighted by atomic mass is 32.2. The summed E-state index contributed by atoms with van der Waals surface area (Å²) in [4.78, 5) is 0. The van der Waals surface area contributed by atoms with E-state index in [0.717, 1.165) is 24.7 Å². The largest absolute Gasteiger partial charge is 0.435 e. The fraction of sp³-hybridized carbons (Fsp3) is 0.600. The van der Waals surface area contributed by atoms with Gasteiger partial charge < -0.3 is 5.32 Å². The van der Waals surface area contributed by atoms with E-state index in [9.17, 15) is 13.2 Å². The summed E-state index contributed by atoms with van der Waals surface area (Å²) in [7, 11) is 0. The smallest absolute Gasteiger partial charge is 0.369 e. The molecule has 0 atom stereocenters. The van der Waals surface area contributed by atoms with Crippen LogP contribution in [0.4, 0.5) is 19.0 Å². The molecule has 0 unspecified atom stereocenters. The van der Waals surface area contributed by atoms with E-state index in [1.54, 1.807) is 11.8 Å². The molecule has 7 heteroatoms. The Kier molecular flexibility index (Phi) is 5.54. The number of hydrogen-bond acceptors (Lipinski definition) is 4. The number of aromatic nitrogens is 2. The van der Waals surface area contributed by atoms with Crippen molar-refractivity contribution in [2.45, 2.75) is 19.0 Å². The van der Waals surface area contributed by atoms with E-state index < -0.39 is 11.9 Å². The molecule has 0 aromatic carbocycles. The average Bonchev–Trinajstić information content (AvgIpc) is 2.28. The van der Waals surface area contributed by atoms with Gasteiger partial charge in [-0.05, 0) is 37.0 Å². The van der Waals surface area contributed by atoms with Crippen LogP contribution in [0.25, 0.3) is 0 Å². The predicted molar refractivity (Wildman–Crippen MR) is 63.1 cm³/mol. The van der Waals surface area contributed by atoms with E-state index in [0.29, 0.717) is 12.4 Å². The van der Waals surface area contributed by atoms with Gasteiger partial charge in [0.1, 0.15) is 5.82 Å². The van der Waals surface area contributed by atoms with E-state index in [1.807, 2.05) is 6.26 Å². The molecule has 0 amide bonds. The van der Waals surface area contributed by atoms with Gasteiger partial charge in [0.2, 0.25) is 0 Å². The van der Waals surface area contributed by atoms with Gasteiger partial charge in [0.25, 0.3) is 0 Å². The fourth-order valence-electron chi connectivity index (χ4n) is 1.17. The third-order valence-electron chi connectivity index (χ3n) is 2.04. The maximum Gasteiger partial charge on any atom is 0.435 e. The first kappa shape index (κ1) is 14.1. The van der Waals surface area contributed by atoms with Crippen LogP contribution in [-0.4, -0.2) is 28.8 Å². The summed E-state index contributed by atoms with van der Waals surface area (Å²) in [5, 5.41) is 9.53. The Labute approximate surface area is 102 Å². The van der Waals surface area contributed by atoms with Gasteiger partial charge in [0.15, 0.2) is 5.69 Å². The highest BCUT2D eigenvalue weighted by Crippen LogP contribution is 2.26. The third kappa shape index (κ3) is 5.25. The van der Waals surface area contributed by atoms with Gasteiger partial charge in [-0.15, -0.1) is 10.2 Å². The Hall–Kier alpha value is -0.980. The molecule has 0 radical (unpaired) electrons. The lowest BCUT2D eigenvalue weighted by molar-refractivity contribution is -0.141. The van der Waals surface area contributed by atoms with Gasteiger partial charge in [-0.1, -0.05) is 0 Å². The molecule has 96 valence electrons. The molecule has 0 saturated heterocycles. The van der Waals surface area contributed by atoms with Gasteiger partial charge in [-0.25, -0.2) is 0 Å². The Morgan fingerprint density at radius 3 is 2.53 bits per heavy atom. The molecular weight excluding hydrogens is 251 g/mol. The molecule has 1 aromatic heterocycles. The number of unbranched alkanes of at least 4 members (excludes halogenated alkanes) is 1. The van der Waals surface area contributed by atoms with Gasteiger partial charge in [0.05, 0.1) is 0 Å². The molecule has 0 bridgehead atoms. The quantitative estimate of drug-likeness (QED) is 0.802. The lowest BCUT2D eigenvalue weighted by atomic mass is 10.3. The zero-order valence-electron chi connectivity index (χ0n) is 9.42. The van der Waals surface area contributed by atoms with Gasteiger partial charge in [-0.3, -0.25) is 0 Å². The van der Waals surface area contributed by atoms with Crippen LogP contribution in [0.15, 0.2) is 12.1 Å². The summed E-state index contributed by atoms with van der Waals surface area (Å²) in [5.41, 5.74) is -0.967. The van der Waals surface area contributed by atoms with Crippen molar-refractivity contribution in [2.24, 2.45) is 0 Å². The minimum Gasteiger partial charge on any atom is -0.369 e. The van der Waals surface area contributed by atoms with Crippen LogP contribution >= 0.6 is 11.8 Å². The normalized spacial score (nSPS) is 11.5. The zero-order chi connectivity index (χ0) is 12.7. The standard InChI is InChI=1S/C10H14F3N3S/c1-17-7-3-2-6-14-9-5-4-8(15-16-9)10(11,12)13/h4-5H,2-3,6-7H2,1H3,(H,14,16). The second-order valence-corrected chi connectivity index (χ2v) is 4.41. The fourth-order valence-corrected chi connectivity index (χ4v) is 1.66. The molecule has 3 nitrogen and oxygen atoms in total. The van der Waals surface area contributed by atoms with Crippen LogP contribution in [0.3, 0.4) is 0 Å². The van der Waals surface area contributed by atoms with Crippen LogP contribution < -0.4 is 5.32 Å². The van der Waals surface area contributed by atoms with Crippen molar-refractivity contribution in [2.75, 3.05) is 23.9 Å². The van der Waals surface area contributed by atoms with Gasteiger partial charge in [0, 0.05) is 6.54 Å².